The van der Waals surface area contributed by atoms with Crippen molar-refractivity contribution in [3.63, 3.8) is 0 Å². The summed E-state index contributed by atoms with van der Waals surface area (Å²) in [4.78, 5) is 1.40. The lowest BCUT2D eigenvalue weighted by molar-refractivity contribution is 0.391. The van der Waals surface area contributed by atoms with E-state index < -0.39 is 0 Å². The van der Waals surface area contributed by atoms with Gasteiger partial charge in [-0.1, -0.05) is 10.3 Å². The Bertz CT molecular complexity index is 425. The summed E-state index contributed by atoms with van der Waals surface area (Å²) in [6.07, 6.45) is 0. The van der Waals surface area contributed by atoms with E-state index in [4.69, 9.17) is 10.3 Å². The van der Waals surface area contributed by atoms with Gasteiger partial charge in [0.1, 0.15) is 5.76 Å². The van der Waals surface area contributed by atoms with Gasteiger partial charge in [0.25, 0.3) is 5.95 Å². The third-order valence-electron chi connectivity index (χ3n) is 1.95. The molecule has 2 rings (SSSR count). The topological polar surface area (TPSA) is 95.7 Å². The van der Waals surface area contributed by atoms with Crippen LogP contribution in [-0.4, -0.2) is 25.4 Å². The van der Waals surface area contributed by atoms with Gasteiger partial charge in [-0.05, 0) is 19.1 Å². The maximum Gasteiger partial charge on any atom is 0.260 e. The molecule has 0 radical (unpaired) electrons. The predicted molar refractivity (Wildman–Crippen MR) is 47.3 cm³/mol. The van der Waals surface area contributed by atoms with Crippen LogP contribution in [0.3, 0.4) is 0 Å². The van der Waals surface area contributed by atoms with Gasteiger partial charge in [-0.15, -0.1) is 5.10 Å². The first-order valence-corrected chi connectivity index (χ1v) is 4.12. The third kappa shape index (κ3) is 1.43. The second-order valence-corrected chi connectivity index (χ2v) is 2.98. The largest absolute Gasteiger partial charge is 0.365 e. The van der Waals surface area contributed by atoms with Gasteiger partial charge in [0.15, 0.2) is 0 Å². The number of hydrogen-bond donors (Lipinski definition) is 1. The number of nitrogens with two attached hydrogens (primary N) is 1. The molecule has 0 bridgehead atoms. The summed E-state index contributed by atoms with van der Waals surface area (Å²) in [7, 11) is 0. The van der Waals surface area contributed by atoms with Crippen molar-refractivity contribution >= 4 is 5.95 Å². The second-order valence-electron chi connectivity index (χ2n) is 2.98. The Morgan fingerprint density at radius 3 is 2.71 bits per heavy atom. The zero-order valence-electron chi connectivity index (χ0n) is 7.93. The van der Waals surface area contributed by atoms with Gasteiger partial charge in [-0.2, -0.15) is 4.80 Å². The Morgan fingerprint density at radius 1 is 1.43 bits per heavy atom. The highest BCUT2D eigenvalue weighted by Crippen LogP contribution is 2.12. The molecule has 2 heterocycles. The molecule has 0 amide bonds. The molecule has 0 aliphatic carbocycles. The SMILES string of the molecule is Cc1noc(C)c1Cn1nnc(N)n1. The fourth-order valence-corrected chi connectivity index (χ4v) is 1.19. The summed E-state index contributed by atoms with van der Waals surface area (Å²) < 4.78 is 5.00. The van der Waals surface area contributed by atoms with Crippen LogP contribution in [0.25, 0.3) is 0 Å². The van der Waals surface area contributed by atoms with Crippen LogP contribution in [0.15, 0.2) is 4.52 Å². The van der Waals surface area contributed by atoms with Gasteiger partial charge < -0.3 is 10.3 Å². The Balaban J connectivity index is 2.26. The molecule has 0 fully saturated rings. The van der Waals surface area contributed by atoms with Crippen molar-refractivity contribution in [2.75, 3.05) is 5.73 Å². The van der Waals surface area contributed by atoms with Crippen LogP contribution >= 0.6 is 0 Å². The monoisotopic (exact) mass is 194 g/mol. The first kappa shape index (κ1) is 8.67. The van der Waals surface area contributed by atoms with Crippen molar-refractivity contribution in [3.8, 4) is 0 Å². The lowest BCUT2D eigenvalue weighted by atomic mass is 10.2. The van der Waals surface area contributed by atoms with Crippen LogP contribution in [0.5, 0.6) is 0 Å². The van der Waals surface area contributed by atoms with Crippen molar-refractivity contribution in [2.45, 2.75) is 20.4 Å². The minimum Gasteiger partial charge on any atom is -0.365 e. The van der Waals surface area contributed by atoms with Crippen LogP contribution in [0.1, 0.15) is 17.0 Å². The normalized spacial score (nSPS) is 10.7. The maximum atomic E-state index is 5.34. The third-order valence-corrected chi connectivity index (χ3v) is 1.95. The number of nitrogens with zero attached hydrogens (tertiary/aromatic N) is 5. The van der Waals surface area contributed by atoms with Gasteiger partial charge in [-0.25, -0.2) is 0 Å². The first-order valence-electron chi connectivity index (χ1n) is 4.12. The van der Waals surface area contributed by atoms with E-state index in [2.05, 4.69) is 20.6 Å². The van der Waals surface area contributed by atoms with Crippen LogP contribution in [-0.2, 0) is 6.54 Å². The molecule has 0 atom stereocenters. The molecule has 0 spiro atoms. The number of rotatable bonds is 2. The van der Waals surface area contributed by atoms with E-state index in [1.54, 1.807) is 0 Å². The lowest BCUT2D eigenvalue weighted by Crippen LogP contribution is -2.05. The smallest absolute Gasteiger partial charge is 0.260 e. The number of aryl methyl sites for hydroxylation is 2. The number of anilines is 1. The van der Waals surface area contributed by atoms with E-state index in [0.717, 1.165) is 17.0 Å². The van der Waals surface area contributed by atoms with Crippen LogP contribution < -0.4 is 5.73 Å². The van der Waals surface area contributed by atoms with Crippen molar-refractivity contribution < 1.29 is 4.52 Å². The Morgan fingerprint density at radius 2 is 2.21 bits per heavy atom. The molecular weight excluding hydrogens is 184 g/mol. The average molecular weight is 194 g/mol. The lowest BCUT2D eigenvalue weighted by Gasteiger charge is -1.96. The summed E-state index contributed by atoms with van der Waals surface area (Å²) in [5, 5.41) is 15.0. The first-order chi connectivity index (χ1) is 6.66. The van der Waals surface area contributed by atoms with Crippen LogP contribution in [0.2, 0.25) is 0 Å². The summed E-state index contributed by atoms with van der Waals surface area (Å²) in [6, 6.07) is 0. The van der Waals surface area contributed by atoms with E-state index in [1.807, 2.05) is 13.8 Å². The summed E-state index contributed by atoms with van der Waals surface area (Å²) in [6.45, 7) is 4.19. The number of nitrogen functional groups attached to an aromatic ring is 1. The van der Waals surface area contributed by atoms with Crippen molar-refractivity contribution in [2.24, 2.45) is 0 Å². The minimum absolute atomic E-state index is 0.164. The van der Waals surface area contributed by atoms with E-state index in [1.165, 1.54) is 4.80 Å². The second kappa shape index (κ2) is 3.09. The molecule has 2 N–H and O–H groups in total. The van der Waals surface area contributed by atoms with Gasteiger partial charge in [-0.3, -0.25) is 0 Å². The van der Waals surface area contributed by atoms with Crippen molar-refractivity contribution in [1.82, 2.24) is 25.4 Å². The van der Waals surface area contributed by atoms with Crippen LogP contribution in [0.4, 0.5) is 5.95 Å². The highest BCUT2D eigenvalue weighted by molar-refractivity contribution is 5.20. The molecule has 0 aliphatic heterocycles. The van der Waals surface area contributed by atoms with E-state index >= 15 is 0 Å². The molecule has 0 aliphatic rings. The maximum absolute atomic E-state index is 5.34. The van der Waals surface area contributed by atoms with E-state index in [-0.39, 0.29) is 5.95 Å². The molecule has 7 heteroatoms. The molecule has 14 heavy (non-hydrogen) atoms. The van der Waals surface area contributed by atoms with Crippen LogP contribution in [0, 0.1) is 13.8 Å². The molecule has 0 saturated carbocycles. The van der Waals surface area contributed by atoms with E-state index in [9.17, 15) is 0 Å². The zero-order valence-corrected chi connectivity index (χ0v) is 7.93. The standard InChI is InChI=1S/C7H10N6O/c1-4-6(5(2)14-11-4)3-13-10-7(8)9-12-13/h3H2,1-2H3,(H2,8,10). The number of aromatic nitrogens is 5. The highest BCUT2D eigenvalue weighted by Gasteiger charge is 2.10. The van der Waals surface area contributed by atoms with Gasteiger partial charge in [0, 0.05) is 5.56 Å². The molecule has 2 aromatic rings. The fraction of sp³-hybridized carbons (Fsp3) is 0.429. The Labute approximate surface area is 79.9 Å². The van der Waals surface area contributed by atoms with E-state index in [0.29, 0.717) is 6.54 Å². The van der Waals surface area contributed by atoms with Gasteiger partial charge in [0.05, 0.1) is 12.2 Å². The summed E-state index contributed by atoms with van der Waals surface area (Å²) >= 11 is 0. The van der Waals surface area contributed by atoms with Crippen molar-refractivity contribution in [1.29, 1.82) is 0 Å². The molecular formula is C7H10N6O. The Hall–Kier alpha value is -1.92. The zero-order chi connectivity index (χ0) is 10.1. The molecule has 0 saturated heterocycles. The quantitative estimate of drug-likeness (QED) is 0.717. The Kier molecular flexibility index (Phi) is 1.91. The minimum atomic E-state index is 0.164. The summed E-state index contributed by atoms with van der Waals surface area (Å²) in [5.41, 5.74) is 7.13. The van der Waals surface area contributed by atoms with Crippen molar-refractivity contribution in [3.05, 3.63) is 17.0 Å². The molecule has 74 valence electrons. The predicted octanol–water partition coefficient (Wildman–Crippen LogP) is -0.0916. The highest BCUT2D eigenvalue weighted by atomic mass is 16.5. The molecule has 7 nitrogen and oxygen atoms in total. The molecule has 2 aromatic heterocycles. The van der Waals surface area contributed by atoms with Gasteiger partial charge in [0.2, 0.25) is 0 Å². The number of hydrogen-bond acceptors (Lipinski definition) is 6. The summed E-state index contributed by atoms with van der Waals surface area (Å²) in [5.74, 6) is 0.926. The molecule has 0 aromatic carbocycles. The number of tetrazole rings is 1. The fourth-order valence-electron chi connectivity index (χ4n) is 1.19. The van der Waals surface area contributed by atoms with Gasteiger partial charge >= 0.3 is 0 Å². The average Bonchev–Trinajstić information content (AvgIpc) is 2.67. The molecule has 0 unspecified atom stereocenters.